The molecule has 0 aliphatic heterocycles. The predicted molar refractivity (Wildman–Crippen MR) is 81.5 cm³/mol. The number of rotatable bonds is 4. The summed E-state index contributed by atoms with van der Waals surface area (Å²) < 4.78 is 28.6. The lowest BCUT2D eigenvalue weighted by atomic mass is 9.89. The van der Waals surface area contributed by atoms with E-state index in [-0.39, 0.29) is 28.5 Å². The summed E-state index contributed by atoms with van der Waals surface area (Å²) in [5, 5.41) is 8.02. The molecule has 0 radical (unpaired) electrons. The molecular weight excluding hydrogens is 360 g/mol. The molecule has 0 spiro atoms. The van der Waals surface area contributed by atoms with Crippen molar-refractivity contribution >= 4 is 31.9 Å². The first-order valence-electron chi connectivity index (χ1n) is 6.39. The Hall–Kier alpha value is -0.960. The molecule has 1 aliphatic rings. The lowest BCUT2D eigenvalue weighted by molar-refractivity contribution is 0.0176. The molecule has 8 heteroatoms. The van der Waals surface area contributed by atoms with E-state index in [0.29, 0.717) is 10.0 Å². The van der Waals surface area contributed by atoms with Crippen LogP contribution in [0.5, 0.6) is 0 Å². The summed E-state index contributed by atoms with van der Waals surface area (Å²) >= 11 is 3.18. The molecule has 0 bridgehead atoms. The number of hydrogen-bond donors (Lipinski definition) is 2. The van der Waals surface area contributed by atoms with Gasteiger partial charge in [0.1, 0.15) is 0 Å². The molecule has 1 aromatic rings. The van der Waals surface area contributed by atoms with Crippen LogP contribution in [0.3, 0.4) is 0 Å². The Kier molecular flexibility index (Phi) is 4.72. The standard InChI is InChI=1S/C13H17BrN2O4S/c1-7-3-8(4-11(12(7)14)21(15,18)19)13(17)16-9-5-10(6-9)20-2/h3-4,9-10H,5-6H2,1-2H3,(H,16,17)(H2,15,18,19). The minimum atomic E-state index is -3.89. The van der Waals surface area contributed by atoms with Crippen molar-refractivity contribution in [2.75, 3.05) is 7.11 Å². The number of halogens is 1. The van der Waals surface area contributed by atoms with Gasteiger partial charge in [-0.05, 0) is 53.4 Å². The fourth-order valence-electron chi connectivity index (χ4n) is 2.22. The van der Waals surface area contributed by atoms with Gasteiger partial charge in [-0.25, -0.2) is 13.6 Å². The molecule has 0 unspecified atom stereocenters. The third-order valence-electron chi connectivity index (χ3n) is 3.55. The van der Waals surface area contributed by atoms with E-state index in [1.807, 2.05) is 0 Å². The number of methoxy groups -OCH3 is 1. The van der Waals surface area contributed by atoms with Gasteiger partial charge in [0.15, 0.2) is 0 Å². The Morgan fingerprint density at radius 3 is 2.57 bits per heavy atom. The van der Waals surface area contributed by atoms with Crippen LogP contribution in [0.4, 0.5) is 0 Å². The maximum absolute atomic E-state index is 12.2. The van der Waals surface area contributed by atoms with E-state index in [2.05, 4.69) is 21.2 Å². The fraction of sp³-hybridized carbons (Fsp3) is 0.462. The van der Waals surface area contributed by atoms with Crippen LogP contribution in [-0.2, 0) is 14.8 Å². The zero-order valence-corrected chi connectivity index (χ0v) is 14.1. The maximum atomic E-state index is 12.2. The van der Waals surface area contributed by atoms with Crippen LogP contribution in [0.25, 0.3) is 0 Å². The molecule has 6 nitrogen and oxygen atoms in total. The molecule has 1 saturated carbocycles. The van der Waals surface area contributed by atoms with Crippen molar-refractivity contribution < 1.29 is 17.9 Å². The van der Waals surface area contributed by atoms with E-state index in [1.165, 1.54) is 6.07 Å². The molecule has 1 amide bonds. The van der Waals surface area contributed by atoms with Crippen LogP contribution in [0.15, 0.2) is 21.5 Å². The third kappa shape index (κ3) is 3.63. The number of primary sulfonamides is 1. The molecule has 2 rings (SSSR count). The number of amides is 1. The molecule has 1 aliphatic carbocycles. The van der Waals surface area contributed by atoms with Gasteiger partial charge in [0.05, 0.1) is 11.0 Å². The van der Waals surface area contributed by atoms with Gasteiger partial charge in [-0.3, -0.25) is 4.79 Å². The van der Waals surface area contributed by atoms with Crippen LogP contribution in [0.2, 0.25) is 0 Å². The first-order chi connectivity index (χ1) is 9.72. The maximum Gasteiger partial charge on any atom is 0.251 e. The van der Waals surface area contributed by atoms with E-state index in [1.54, 1.807) is 20.1 Å². The minimum absolute atomic E-state index is 0.0596. The number of hydrogen-bond acceptors (Lipinski definition) is 4. The average molecular weight is 377 g/mol. The van der Waals surface area contributed by atoms with Crippen molar-refractivity contribution in [3.8, 4) is 0 Å². The van der Waals surface area contributed by atoms with Crippen LogP contribution in [0, 0.1) is 6.92 Å². The number of nitrogens with one attached hydrogen (secondary N) is 1. The molecular formula is C13H17BrN2O4S. The molecule has 1 fully saturated rings. The van der Waals surface area contributed by atoms with Gasteiger partial charge in [-0.1, -0.05) is 0 Å². The Morgan fingerprint density at radius 2 is 2.05 bits per heavy atom. The van der Waals surface area contributed by atoms with Gasteiger partial charge in [0.25, 0.3) is 5.91 Å². The highest BCUT2D eigenvalue weighted by atomic mass is 79.9. The summed E-state index contributed by atoms with van der Waals surface area (Å²) in [7, 11) is -2.25. The third-order valence-corrected chi connectivity index (χ3v) is 5.80. The number of aryl methyl sites for hydroxylation is 1. The molecule has 1 aromatic carbocycles. The molecule has 3 N–H and O–H groups in total. The van der Waals surface area contributed by atoms with Crippen molar-refractivity contribution in [2.45, 2.75) is 36.8 Å². The second-order valence-electron chi connectivity index (χ2n) is 5.15. The van der Waals surface area contributed by atoms with Crippen LogP contribution in [0.1, 0.15) is 28.8 Å². The van der Waals surface area contributed by atoms with E-state index >= 15 is 0 Å². The van der Waals surface area contributed by atoms with Gasteiger partial charge < -0.3 is 10.1 Å². The predicted octanol–water partition coefficient (Wildman–Crippen LogP) is 1.31. The van der Waals surface area contributed by atoms with Crippen LogP contribution >= 0.6 is 15.9 Å². The largest absolute Gasteiger partial charge is 0.381 e. The number of ether oxygens (including phenoxy) is 1. The van der Waals surface area contributed by atoms with E-state index in [0.717, 1.165) is 12.8 Å². The Labute approximate surface area is 132 Å². The summed E-state index contributed by atoms with van der Waals surface area (Å²) in [4.78, 5) is 12.1. The number of sulfonamides is 1. The smallest absolute Gasteiger partial charge is 0.251 e. The molecule has 0 saturated heterocycles. The van der Waals surface area contributed by atoms with Crippen LogP contribution < -0.4 is 10.5 Å². The quantitative estimate of drug-likeness (QED) is 0.827. The van der Waals surface area contributed by atoms with Crippen molar-refractivity contribution in [1.82, 2.24) is 5.32 Å². The number of nitrogens with two attached hydrogens (primary N) is 1. The summed E-state index contributed by atoms with van der Waals surface area (Å²) in [5.41, 5.74) is 0.913. The van der Waals surface area contributed by atoms with Crippen molar-refractivity contribution in [2.24, 2.45) is 5.14 Å². The number of carbonyl (C=O) groups excluding carboxylic acids is 1. The zero-order chi connectivity index (χ0) is 15.8. The summed E-state index contributed by atoms with van der Waals surface area (Å²) in [6.07, 6.45) is 1.71. The normalized spacial score (nSPS) is 21.7. The summed E-state index contributed by atoms with van der Waals surface area (Å²) in [6.45, 7) is 1.71. The average Bonchev–Trinajstić information content (AvgIpc) is 2.34. The molecule has 116 valence electrons. The highest BCUT2D eigenvalue weighted by molar-refractivity contribution is 9.10. The second kappa shape index (κ2) is 6.04. The van der Waals surface area contributed by atoms with Gasteiger partial charge in [-0.15, -0.1) is 0 Å². The van der Waals surface area contributed by atoms with Gasteiger partial charge in [0.2, 0.25) is 10.0 Å². The Bertz CT molecular complexity index is 669. The number of carbonyl (C=O) groups is 1. The minimum Gasteiger partial charge on any atom is -0.381 e. The van der Waals surface area contributed by atoms with E-state index < -0.39 is 10.0 Å². The summed E-state index contributed by atoms with van der Waals surface area (Å²) in [5.74, 6) is -0.310. The fourth-order valence-corrected chi connectivity index (χ4v) is 3.83. The molecule has 0 atom stereocenters. The molecule has 0 aromatic heterocycles. The highest BCUT2D eigenvalue weighted by Crippen LogP contribution is 2.27. The topological polar surface area (TPSA) is 98.5 Å². The van der Waals surface area contributed by atoms with Crippen LogP contribution in [-0.4, -0.2) is 33.6 Å². The SMILES string of the molecule is COC1CC(NC(=O)c2cc(C)c(Br)c(S(N)(=O)=O)c2)C1. The zero-order valence-electron chi connectivity index (χ0n) is 11.7. The number of benzene rings is 1. The Morgan fingerprint density at radius 1 is 1.43 bits per heavy atom. The lowest BCUT2D eigenvalue weighted by Crippen LogP contribution is -2.47. The second-order valence-corrected chi connectivity index (χ2v) is 7.47. The molecule has 0 heterocycles. The van der Waals surface area contributed by atoms with Crippen molar-refractivity contribution in [3.05, 3.63) is 27.7 Å². The van der Waals surface area contributed by atoms with Gasteiger partial charge in [0, 0.05) is 23.2 Å². The van der Waals surface area contributed by atoms with Gasteiger partial charge in [-0.2, -0.15) is 0 Å². The first kappa shape index (κ1) is 16.4. The van der Waals surface area contributed by atoms with Gasteiger partial charge >= 0.3 is 0 Å². The van der Waals surface area contributed by atoms with E-state index in [9.17, 15) is 13.2 Å². The summed E-state index contributed by atoms with van der Waals surface area (Å²) in [6, 6.07) is 2.97. The molecule has 21 heavy (non-hydrogen) atoms. The monoisotopic (exact) mass is 376 g/mol. The Balaban J connectivity index is 2.20. The highest BCUT2D eigenvalue weighted by Gasteiger charge is 2.30. The van der Waals surface area contributed by atoms with Crippen molar-refractivity contribution in [3.63, 3.8) is 0 Å². The first-order valence-corrected chi connectivity index (χ1v) is 8.73. The van der Waals surface area contributed by atoms with Crippen molar-refractivity contribution in [1.29, 1.82) is 0 Å². The lowest BCUT2D eigenvalue weighted by Gasteiger charge is -2.34. The van der Waals surface area contributed by atoms with E-state index in [4.69, 9.17) is 9.88 Å².